The molecule has 3 aromatic carbocycles. The third-order valence-corrected chi connectivity index (χ3v) is 6.24. The molecule has 1 amide bonds. The number of fused-ring (bicyclic) bond motifs is 4. The van der Waals surface area contributed by atoms with Crippen molar-refractivity contribution in [2.45, 2.75) is 32.2 Å². The molecule has 7 heteroatoms. The summed E-state index contributed by atoms with van der Waals surface area (Å²) in [6.07, 6.45) is 3.79. The molecule has 0 radical (unpaired) electrons. The Morgan fingerprint density at radius 2 is 1.73 bits per heavy atom. The number of aliphatic carboxylic acids is 1. The molecule has 6 nitrogen and oxygen atoms in total. The number of aromatic nitrogens is 1. The van der Waals surface area contributed by atoms with Crippen molar-refractivity contribution in [3.05, 3.63) is 76.9 Å². The van der Waals surface area contributed by atoms with E-state index in [4.69, 9.17) is 10.5 Å². The van der Waals surface area contributed by atoms with Gasteiger partial charge in [0.2, 0.25) is 5.91 Å². The van der Waals surface area contributed by atoms with Crippen LogP contribution in [-0.4, -0.2) is 23.1 Å². The third kappa shape index (κ3) is 4.26. The van der Waals surface area contributed by atoms with Gasteiger partial charge in [-0.15, -0.1) is 0 Å². The number of carbonyl (C=O) groups excluding carboxylic acids is 2. The van der Waals surface area contributed by atoms with Crippen molar-refractivity contribution in [2.24, 2.45) is 5.73 Å². The van der Waals surface area contributed by atoms with Crippen LogP contribution < -0.4 is 45.1 Å². The van der Waals surface area contributed by atoms with E-state index in [-0.39, 0.29) is 29.6 Å². The molecule has 33 heavy (non-hydrogen) atoms. The molecule has 1 aromatic heterocycles. The number of amides is 1. The summed E-state index contributed by atoms with van der Waals surface area (Å²) in [6.45, 7) is 0.0530. The second-order valence-corrected chi connectivity index (χ2v) is 8.24. The van der Waals surface area contributed by atoms with Gasteiger partial charge in [0.05, 0.1) is 22.4 Å². The van der Waals surface area contributed by atoms with Gasteiger partial charge in [-0.25, -0.2) is 0 Å². The fourth-order valence-corrected chi connectivity index (χ4v) is 4.90. The summed E-state index contributed by atoms with van der Waals surface area (Å²) in [5, 5.41) is 12.7. The summed E-state index contributed by atoms with van der Waals surface area (Å²) >= 11 is 0. The van der Waals surface area contributed by atoms with Crippen molar-refractivity contribution < 1.29 is 49.0 Å². The van der Waals surface area contributed by atoms with Gasteiger partial charge in [0, 0.05) is 17.5 Å². The minimum atomic E-state index is -1.28. The van der Waals surface area contributed by atoms with Crippen molar-refractivity contribution in [3.63, 3.8) is 0 Å². The van der Waals surface area contributed by atoms with E-state index < -0.39 is 18.5 Å². The second kappa shape index (κ2) is 9.59. The van der Waals surface area contributed by atoms with E-state index in [2.05, 4.69) is 22.8 Å². The van der Waals surface area contributed by atoms with Crippen molar-refractivity contribution in [2.75, 3.05) is 6.61 Å². The second-order valence-electron chi connectivity index (χ2n) is 8.24. The molecule has 1 heterocycles. The molecule has 0 spiro atoms. The topological polar surface area (TPSA) is 97.4 Å². The van der Waals surface area contributed by atoms with Crippen LogP contribution in [-0.2, 0) is 24.2 Å². The quantitative estimate of drug-likeness (QED) is 0.417. The smallest absolute Gasteiger partial charge is 0.546 e. The zero-order chi connectivity index (χ0) is 22.2. The molecule has 0 fully saturated rings. The van der Waals surface area contributed by atoms with Crippen LogP contribution in [0, 0.1) is 0 Å². The Labute approximate surface area is 213 Å². The van der Waals surface area contributed by atoms with E-state index in [0.29, 0.717) is 23.2 Å². The predicted octanol–water partition coefficient (Wildman–Crippen LogP) is -0.0468. The number of ether oxygens (including phenoxy) is 1. The van der Waals surface area contributed by atoms with Crippen LogP contribution in [0.1, 0.15) is 39.9 Å². The molecule has 0 bridgehead atoms. The van der Waals surface area contributed by atoms with E-state index >= 15 is 0 Å². The molecular weight excluding hydrogens is 427 g/mol. The molecule has 1 aliphatic rings. The summed E-state index contributed by atoms with van der Waals surface area (Å²) in [5.41, 5.74) is 11.2. The average molecular weight is 450 g/mol. The monoisotopic (exact) mass is 450 g/mol. The number of nitrogens with zero attached hydrogens (tertiary/aromatic N) is 1. The minimum Gasteiger partial charge on any atom is -0.546 e. The predicted molar refractivity (Wildman–Crippen MR) is 121 cm³/mol. The molecule has 0 aliphatic heterocycles. The average Bonchev–Trinajstić information content (AvgIpc) is 3.10. The number of carbonyl (C=O) groups is 2. The van der Waals surface area contributed by atoms with Crippen LogP contribution in [0.15, 0.2) is 54.6 Å². The van der Waals surface area contributed by atoms with Gasteiger partial charge in [-0.2, -0.15) is 0 Å². The van der Waals surface area contributed by atoms with Crippen molar-refractivity contribution >= 4 is 33.7 Å². The first kappa shape index (κ1) is 23.4. The maximum absolute atomic E-state index is 12.4. The Morgan fingerprint density at radius 3 is 2.45 bits per heavy atom. The van der Waals surface area contributed by atoms with Gasteiger partial charge in [-0.1, -0.05) is 36.4 Å². The third-order valence-electron chi connectivity index (χ3n) is 6.24. The number of hydrogen-bond donors (Lipinski definition) is 1. The number of rotatable bonds is 6. The van der Waals surface area contributed by atoms with Gasteiger partial charge in [-0.3, -0.25) is 4.79 Å². The Balaban J connectivity index is 0.00000259. The molecule has 0 unspecified atom stereocenters. The number of carboxylic acid groups (broad SMARTS) is 1. The van der Waals surface area contributed by atoms with Gasteiger partial charge in [0.1, 0.15) is 12.4 Å². The standard InChI is InChI=1S/C26H24N2O4.Na/c27-26(31)19-11-6-12-20-23(19)24-21(28(20)14-16-7-2-1-3-8-16)13-17-9-4-5-10-18(17)25(24)32-15-22(29)30;/h1-3,6-8,11-13H,4-5,9-10,14-15H2,(H2,27,31)(H,29,30);/q;+1/p-1. The summed E-state index contributed by atoms with van der Waals surface area (Å²) in [7, 11) is 0. The number of hydrogen-bond acceptors (Lipinski definition) is 4. The molecule has 0 atom stereocenters. The molecular formula is C26H23N2NaO4. The van der Waals surface area contributed by atoms with Gasteiger partial charge in [-0.05, 0) is 60.6 Å². The molecule has 5 rings (SSSR count). The van der Waals surface area contributed by atoms with Crippen molar-refractivity contribution in [1.82, 2.24) is 4.57 Å². The van der Waals surface area contributed by atoms with E-state index in [1.165, 1.54) is 0 Å². The zero-order valence-corrected chi connectivity index (χ0v) is 20.6. The van der Waals surface area contributed by atoms with Crippen molar-refractivity contribution in [3.8, 4) is 5.75 Å². The van der Waals surface area contributed by atoms with Crippen LogP contribution in [0.25, 0.3) is 21.8 Å². The molecule has 0 saturated heterocycles. The van der Waals surface area contributed by atoms with Gasteiger partial charge in [0.15, 0.2) is 0 Å². The summed E-state index contributed by atoms with van der Waals surface area (Å²) < 4.78 is 8.02. The summed E-state index contributed by atoms with van der Waals surface area (Å²) in [4.78, 5) is 23.6. The maximum Gasteiger partial charge on any atom is 1.00 e. The van der Waals surface area contributed by atoms with Crippen LogP contribution in [0.5, 0.6) is 5.75 Å². The van der Waals surface area contributed by atoms with Crippen LogP contribution >= 0.6 is 0 Å². The minimum absolute atomic E-state index is 0. The van der Waals surface area contributed by atoms with Gasteiger partial charge < -0.3 is 24.9 Å². The normalized spacial score (nSPS) is 12.8. The van der Waals surface area contributed by atoms with Crippen molar-refractivity contribution in [1.29, 1.82) is 0 Å². The Bertz CT molecular complexity index is 1360. The number of carboxylic acids is 1. The van der Waals surface area contributed by atoms with Crippen LogP contribution in [0.3, 0.4) is 0 Å². The number of aryl methyl sites for hydroxylation is 1. The molecule has 0 saturated carbocycles. The number of primary amides is 1. The Kier molecular flexibility index (Phi) is 6.79. The number of nitrogens with two attached hydrogens (primary N) is 1. The molecule has 2 N–H and O–H groups in total. The van der Waals surface area contributed by atoms with E-state index in [9.17, 15) is 14.7 Å². The van der Waals surface area contributed by atoms with E-state index in [0.717, 1.165) is 58.8 Å². The van der Waals surface area contributed by atoms with Gasteiger partial charge >= 0.3 is 29.6 Å². The van der Waals surface area contributed by atoms with Crippen LogP contribution in [0.4, 0.5) is 0 Å². The largest absolute Gasteiger partial charge is 1.00 e. The Morgan fingerprint density at radius 1 is 0.970 bits per heavy atom. The Hall–Kier alpha value is -2.80. The first-order chi connectivity index (χ1) is 15.5. The van der Waals surface area contributed by atoms with E-state index in [1.807, 2.05) is 30.3 Å². The fraction of sp³-hybridized carbons (Fsp3) is 0.231. The molecule has 1 aliphatic carbocycles. The SMILES string of the molecule is NC(=O)c1cccc2c1c1c(OCC(=O)[O-])c3c(cc1n2Cc1ccccc1)CCCC3.[Na+]. The first-order valence-electron chi connectivity index (χ1n) is 10.8. The zero-order valence-electron chi connectivity index (χ0n) is 18.6. The molecule has 4 aromatic rings. The summed E-state index contributed by atoms with van der Waals surface area (Å²) in [6, 6.07) is 17.7. The molecule has 162 valence electrons. The van der Waals surface area contributed by atoms with Gasteiger partial charge in [0.25, 0.3) is 0 Å². The fourth-order valence-electron chi connectivity index (χ4n) is 4.90. The van der Waals surface area contributed by atoms with E-state index in [1.54, 1.807) is 6.07 Å². The number of benzene rings is 3. The maximum atomic E-state index is 12.4. The summed E-state index contributed by atoms with van der Waals surface area (Å²) in [5.74, 6) is -1.28. The first-order valence-corrected chi connectivity index (χ1v) is 10.8. The van der Waals surface area contributed by atoms with Crippen LogP contribution in [0.2, 0.25) is 0 Å².